The summed E-state index contributed by atoms with van der Waals surface area (Å²) in [6, 6.07) is 8.03. The van der Waals surface area contributed by atoms with Gasteiger partial charge in [-0.15, -0.1) is 0 Å². The minimum Gasteiger partial charge on any atom is -0.300 e. The number of hydrogen-bond acceptors (Lipinski definition) is 3. The molecular formula is C15H15FN2O. The van der Waals surface area contributed by atoms with Gasteiger partial charge < -0.3 is 4.79 Å². The Morgan fingerprint density at radius 1 is 1.21 bits per heavy atom. The molecule has 4 heteroatoms. The first kappa shape index (κ1) is 13.3. The lowest BCUT2D eigenvalue weighted by molar-refractivity contribution is -0.117. The van der Waals surface area contributed by atoms with Gasteiger partial charge in [-0.25, -0.2) is 14.4 Å². The van der Waals surface area contributed by atoms with Crippen molar-refractivity contribution in [2.24, 2.45) is 0 Å². The Bertz CT molecular complexity index is 594. The van der Waals surface area contributed by atoms with E-state index in [1.807, 2.05) is 13.0 Å². The van der Waals surface area contributed by atoms with Gasteiger partial charge in [-0.3, -0.25) is 0 Å². The molecule has 0 bridgehead atoms. The molecule has 1 heterocycles. The van der Waals surface area contributed by atoms with Gasteiger partial charge in [-0.2, -0.15) is 0 Å². The van der Waals surface area contributed by atoms with E-state index >= 15 is 0 Å². The van der Waals surface area contributed by atoms with Crippen LogP contribution in [0.1, 0.15) is 24.9 Å². The smallest absolute Gasteiger partial charge is 0.130 e. The van der Waals surface area contributed by atoms with Crippen molar-refractivity contribution in [3.63, 3.8) is 0 Å². The molecule has 0 amide bonds. The fourth-order valence-corrected chi connectivity index (χ4v) is 1.80. The molecule has 0 fully saturated rings. The maximum Gasteiger partial charge on any atom is 0.130 e. The number of carbonyl (C=O) groups is 1. The van der Waals surface area contributed by atoms with Crippen LogP contribution < -0.4 is 0 Å². The molecule has 2 aromatic rings. The van der Waals surface area contributed by atoms with Crippen LogP contribution >= 0.6 is 0 Å². The molecule has 0 unspecified atom stereocenters. The largest absolute Gasteiger partial charge is 0.300 e. The van der Waals surface area contributed by atoms with Crippen molar-refractivity contribution in [2.45, 2.75) is 26.7 Å². The van der Waals surface area contributed by atoms with E-state index in [0.29, 0.717) is 18.7 Å². The lowest BCUT2D eigenvalue weighted by atomic mass is 10.1. The summed E-state index contributed by atoms with van der Waals surface area (Å²) in [6.45, 7) is 3.43. The van der Waals surface area contributed by atoms with Crippen molar-refractivity contribution in [2.75, 3.05) is 0 Å². The summed E-state index contributed by atoms with van der Waals surface area (Å²) in [6.07, 6.45) is 0.970. The third-order valence-corrected chi connectivity index (χ3v) is 2.74. The van der Waals surface area contributed by atoms with Crippen molar-refractivity contribution < 1.29 is 9.18 Å². The van der Waals surface area contributed by atoms with Gasteiger partial charge in [0, 0.05) is 24.1 Å². The lowest BCUT2D eigenvalue weighted by Gasteiger charge is -2.05. The third kappa shape index (κ3) is 3.68. The standard InChI is InChI=1S/C15H15FN2O/c1-10-9-14(12-4-6-13(16)7-5-12)18-15(17-10)8-3-11(2)19/h4-7,9H,3,8H2,1-2H3. The van der Waals surface area contributed by atoms with Gasteiger partial charge in [0.15, 0.2) is 0 Å². The van der Waals surface area contributed by atoms with Crippen LogP contribution in [0.4, 0.5) is 4.39 Å². The number of rotatable bonds is 4. The summed E-state index contributed by atoms with van der Waals surface area (Å²) in [4.78, 5) is 19.7. The molecule has 0 saturated carbocycles. The lowest BCUT2D eigenvalue weighted by Crippen LogP contribution is -2.02. The highest BCUT2D eigenvalue weighted by molar-refractivity contribution is 5.75. The van der Waals surface area contributed by atoms with E-state index in [2.05, 4.69) is 9.97 Å². The Morgan fingerprint density at radius 3 is 2.53 bits per heavy atom. The second kappa shape index (κ2) is 5.69. The van der Waals surface area contributed by atoms with Crippen LogP contribution in [0.25, 0.3) is 11.3 Å². The Labute approximate surface area is 111 Å². The zero-order chi connectivity index (χ0) is 13.8. The average molecular weight is 258 g/mol. The van der Waals surface area contributed by atoms with Crippen molar-refractivity contribution in [1.29, 1.82) is 0 Å². The maximum atomic E-state index is 12.9. The first-order valence-corrected chi connectivity index (χ1v) is 6.14. The quantitative estimate of drug-likeness (QED) is 0.846. The molecule has 2 rings (SSSR count). The number of ketones is 1. The summed E-state index contributed by atoms with van der Waals surface area (Å²) in [5.74, 6) is 0.495. The van der Waals surface area contributed by atoms with Crippen molar-refractivity contribution in [3.8, 4) is 11.3 Å². The molecule has 0 radical (unpaired) electrons. The van der Waals surface area contributed by atoms with E-state index in [0.717, 1.165) is 17.0 Å². The van der Waals surface area contributed by atoms with E-state index in [-0.39, 0.29) is 11.6 Å². The molecule has 1 aromatic heterocycles. The van der Waals surface area contributed by atoms with E-state index in [1.165, 1.54) is 12.1 Å². The molecule has 98 valence electrons. The maximum absolute atomic E-state index is 12.9. The Morgan fingerprint density at radius 2 is 1.89 bits per heavy atom. The van der Waals surface area contributed by atoms with Crippen molar-refractivity contribution in [1.82, 2.24) is 9.97 Å². The summed E-state index contributed by atoms with van der Waals surface area (Å²) in [5.41, 5.74) is 2.44. The van der Waals surface area contributed by atoms with Crippen LogP contribution in [0.5, 0.6) is 0 Å². The Balaban J connectivity index is 2.30. The third-order valence-electron chi connectivity index (χ3n) is 2.74. The normalized spacial score (nSPS) is 10.5. The summed E-state index contributed by atoms with van der Waals surface area (Å²) in [5, 5.41) is 0. The van der Waals surface area contributed by atoms with Gasteiger partial charge in [0.2, 0.25) is 0 Å². The van der Waals surface area contributed by atoms with Gasteiger partial charge in [0.05, 0.1) is 5.69 Å². The highest BCUT2D eigenvalue weighted by atomic mass is 19.1. The van der Waals surface area contributed by atoms with Gasteiger partial charge in [0.25, 0.3) is 0 Å². The number of Topliss-reactive ketones (excluding diaryl/α,β-unsaturated/α-hetero) is 1. The molecule has 1 aromatic carbocycles. The minimum absolute atomic E-state index is 0.119. The summed E-state index contributed by atoms with van der Waals surface area (Å²) in [7, 11) is 0. The van der Waals surface area contributed by atoms with Gasteiger partial charge >= 0.3 is 0 Å². The molecule has 0 aliphatic rings. The first-order chi connectivity index (χ1) is 9.04. The zero-order valence-electron chi connectivity index (χ0n) is 11.0. The molecule has 0 aliphatic heterocycles. The van der Waals surface area contributed by atoms with Crippen LogP contribution in [-0.2, 0) is 11.2 Å². The molecule has 19 heavy (non-hydrogen) atoms. The van der Waals surface area contributed by atoms with E-state index in [9.17, 15) is 9.18 Å². The highest BCUT2D eigenvalue weighted by Crippen LogP contribution is 2.18. The number of hydrogen-bond donors (Lipinski definition) is 0. The summed E-state index contributed by atoms with van der Waals surface area (Å²) < 4.78 is 12.9. The second-order valence-electron chi connectivity index (χ2n) is 4.52. The van der Waals surface area contributed by atoms with Crippen LogP contribution in [0, 0.1) is 12.7 Å². The number of nitrogens with zero attached hydrogens (tertiary/aromatic N) is 2. The van der Waals surface area contributed by atoms with Crippen LogP contribution in [0.15, 0.2) is 30.3 Å². The second-order valence-corrected chi connectivity index (χ2v) is 4.52. The van der Waals surface area contributed by atoms with Crippen LogP contribution in [-0.4, -0.2) is 15.8 Å². The number of aryl methyl sites for hydroxylation is 2. The highest BCUT2D eigenvalue weighted by Gasteiger charge is 2.06. The molecular weight excluding hydrogens is 243 g/mol. The van der Waals surface area contributed by atoms with Gasteiger partial charge in [-0.05, 0) is 44.2 Å². The molecule has 0 N–H and O–H groups in total. The Kier molecular flexibility index (Phi) is 4.00. The predicted octanol–water partition coefficient (Wildman–Crippen LogP) is 3.11. The number of halogens is 1. The number of aromatic nitrogens is 2. The van der Waals surface area contributed by atoms with Gasteiger partial charge in [0.1, 0.15) is 17.4 Å². The van der Waals surface area contributed by atoms with E-state index < -0.39 is 0 Å². The predicted molar refractivity (Wildman–Crippen MR) is 71.2 cm³/mol. The molecule has 0 atom stereocenters. The molecule has 0 saturated heterocycles. The average Bonchev–Trinajstić information content (AvgIpc) is 2.36. The van der Waals surface area contributed by atoms with Crippen molar-refractivity contribution >= 4 is 5.78 Å². The molecule has 3 nitrogen and oxygen atoms in total. The first-order valence-electron chi connectivity index (χ1n) is 6.14. The minimum atomic E-state index is -0.272. The van der Waals surface area contributed by atoms with Crippen molar-refractivity contribution in [3.05, 3.63) is 47.7 Å². The van der Waals surface area contributed by atoms with E-state index in [1.54, 1.807) is 19.1 Å². The molecule has 0 spiro atoms. The fraction of sp³-hybridized carbons (Fsp3) is 0.267. The van der Waals surface area contributed by atoms with Crippen LogP contribution in [0.3, 0.4) is 0 Å². The zero-order valence-corrected chi connectivity index (χ0v) is 11.0. The fourth-order valence-electron chi connectivity index (χ4n) is 1.80. The van der Waals surface area contributed by atoms with Crippen LogP contribution in [0.2, 0.25) is 0 Å². The SMILES string of the molecule is CC(=O)CCc1nc(C)cc(-c2ccc(F)cc2)n1. The van der Waals surface area contributed by atoms with Gasteiger partial charge in [-0.1, -0.05) is 0 Å². The monoisotopic (exact) mass is 258 g/mol. The summed E-state index contributed by atoms with van der Waals surface area (Å²) >= 11 is 0. The molecule has 0 aliphatic carbocycles. The van der Waals surface area contributed by atoms with E-state index in [4.69, 9.17) is 0 Å². The number of benzene rings is 1. The number of carbonyl (C=O) groups excluding carboxylic acids is 1. The Hall–Kier alpha value is -2.10. The topological polar surface area (TPSA) is 42.9 Å².